The van der Waals surface area contributed by atoms with Gasteiger partial charge in [0.05, 0.1) is 16.7 Å². The van der Waals surface area contributed by atoms with E-state index in [0.717, 1.165) is 103 Å². The van der Waals surface area contributed by atoms with Crippen LogP contribution in [0.5, 0.6) is 5.75 Å². The largest absolute Gasteiger partial charge is 0.490 e. The first kappa shape index (κ1) is 36.6. The molecule has 2 amide bonds. The summed E-state index contributed by atoms with van der Waals surface area (Å²) >= 11 is 6.14. The summed E-state index contributed by atoms with van der Waals surface area (Å²) < 4.78 is 11.4. The number of ether oxygens (including phenoxy) is 2. The van der Waals surface area contributed by atoms with Gasteiger partial charge in [-0.15, -0.1) is 10.2 Å². The molecule has 3 heterocycles. The molecule has 0 bridgehead atoms. The van der Waals surface area contributed by atoms with Crippen LogP contribution in [-0.4, -0.2) is 109 Å². The van der Waals surface area contributed by atoms with E-state index in [1.54, 1.807) is 24.3 Å². The van der Waals surface area contributed by atoms with Crippen LogP contribution in [0.4, 0.5) is 10.6 Å². The average molecular weight is 695 g/mol. The Labute approximate surface area is 295 Å². The number of benzene rings is 1. The van der Waals surface area contributed by atoms with Crippen LogP contribution in [0.2, 0.25) is 5.02 Å². The molecule has 2 saturated heterocycles. The highest BCUT2D eigenvalue weighted by Gasteiger charge is 2.27. The Morgan fingerprint density at radius 1 is 0.959 bits per heavy atom. The molecule has 2 aliphatic heterocycles. The number of rotatable bonds is 11. The average Bonchev–Trinajstić information content (AvgIpc) is 3.08. The summed E-state index contributed by atoms with van der Waals surface area (Å²) in [7, 11) is 0. The number of amides is 2. The molecule has 13 heteroatoms. The van der Waals surface area contributed by atoms with Crippen molar-refractivity contribution in [2.75, 3.05) is 63.8 Å². The summed E-state index contributed by atoms with van der Waals surface area (Å²) in [6.45, 7) is 14.5. The van der Waals surface area contributed by atoms with Gasteiger partial charge in [-0.25, -0.2) is 4.79 Å². The van der Waals surface area contributed by atoms with Crippen LogP contribution in [-0.2, 0) is 4.74 Å². The maximum absolute atomic E-state index is 12.9. The van der Waals surface area contributed by atoms with Gasteiger partial charge < -0.3 is 34.8 Å². The van der Waals surface area contributed by atoms with Crippen molar-refractivity contribution in [3.05, 3.63) is 46.6 Å². The van der Waals surface area contributed by atoms with Crippen molar-refractivity contribution in [1.29, 1.82) is 5.26 Å². The van der Waals surface area contributed by atoms with E-state index < -0.39 is 5.60 Å². The first-order valence-corrected chi connectivity index (χ1v) is 18.1. The quantitative estimate of drug-likeness (QED) is 0.314. The number of carbonyl (C=O) groups is 2. The normalized spacial score (nSPS) is 21.1. The fourth-order valence-corrected chi connectivity index (χ4v) is 6.98. The minimum absolute atomic E-state index is 0.0446. The van der Waals surface area contributed by atoms with Crippen molar-refractivity contribution in [3.63, 3.8) is 0 Å². The maximum Gasteiger partial charge on any atom is 0.407 e. The molecule has 1 aromatic heterocycles. The van der Waals surface area contributed by atoms with Crippen molar-refractivity contribution in [1.82, 2.24) is 30.6 Å². The Morgan fingerprint density at radius 3 is 2.31 bits per heavy atom. The van der Waals surface area contributed by atoms with Gasteiger partial charge in [0.1, 0.15) is 17.4 Å². The highest BCUT2D eigenvalue weighted by molar-refractivity contribution is 6.31. The Balaban J connectivity index is 0.947. The predicted molar refractivity (Wildman–Crippen MR) is 189 cm³/mol. The van der Waals surface area contributed by atoms with E-state index in [9.17, 15) is 9.59 Å². The van der Waals surface area contributed by atoms with Crippen LogP contribution in [0.3, 0.4) is 0 Å². The molecule has 0 atom stereocenters. The Bertz CT molecular complexity index is 1420. The number of anilines is 1. The molecule has 266 valence electrons. The van der Waals surface area contributed by atoms with E-state index >= 15 is 0 Å². The summed E-state index contributed by atoms with van der Waals surface area (Å²) in [5, 5.41) is 24.1. The van der Waals surface area contributed by atoms with E-state index in [4.69, 9.17) is 26.3 Å². The zero-order valence-electron chi connectivity index (χ0n) is 29.1. The van der Waals surface area contributed by atoms with Crippen LogP contribution in [0, 0.1) is 17.2 Å². The molecule has 3 aliphatic rings. The molecule has 0 unspecified atom stereocenters. The first-order chi connectivity index (χ1) is 23.5. The highest BCUT2D eigenvalue weighted by atomic mass is 35.5. The van der Waals surface area contributed by atoms with Gasteiger partial charge in [0.2, 0.25) is 0 Å². The zero-order chi connectivity index (χ0) is 34.8. The predicted octanol–water partition coefficient (Wildman–Crippen LogP) is 4.87. The summed E-state index contributed by atoms with van der Waals surface area (Å²) in [5.74, 6) is 1.95. The molecule has 2 N–H and O–H groups in total. The number of aromatic nitrogens is 2. The lowest BCUT2D eigenvalue weighted by Gasteiger charge is -2.39. The lowest BCUT2D eigenvalue weighted by Crippen LogP contribution is -2.49. The molecule has 5 rings (SSSR count). The lowest BCUT2D eigenvalue weighted by molar-refractivity contribution is 0.0523. The van der Waals surface area contributed by atoms with Crippen LogP contribution < -0.4 is 20.3 Å². The van der Waals surface area contributed by atoms with E-state index in [2.05, 4.69) is 41.6 Å². The molecule has 1 aromatic carbocycles. The number of nitrogens with one attached hydrogen (secondary N) is 2. The fourth-order valence-electron chi connectivity index (χ4n) is 6.76. The standard InChI is InChI=1S/C36H51ClN8O4/c1-36(2,3)49-35(47)39-15-4-16-43-19-21-44(22-20-43)25-26-13-17-45(18-14-26)33-12-11-32(41-42-33)34(46)40-28-6-9-29(10-7-28)48-30-8-5-27(24-38)31(37)23-30/h5,8,11-12,23,26,28-29H,4,6-7,9-10,13-22,25H2,1-3H3,(H,39,47)(H,40,46). The van der Waals surface area contributed by atoms with Gasteiger partial charge in [-0.2, -0.15) is 5.26 Å². The number of hydrogen-bond acceptors (Lipinski definition) is 10. The molecular weight excluding hydrogens is 644 g/mol. The monoisotopic (exact) mass is 694 g/mol. The Kier molecular flexibility index (Phi) is 12.9. The molecule has 2 aromatic rings. The Hall–Kier alpha value is -3.66. The second-order valence-corrected chi connectivity index (χ2v) is 14.9. The van der Waals surface area contributed by atoms with E-state index in [1.165, 1.54) is 0 Å². The number of piperidine rings is 1. The third-order valence-electron chi connectivity index (χ3n) is 9.50. The van der Waals surface area contributed by atoms with Crippen molar-refractivity contribution < 1.29 is 19.1 Å². The SMILES string of the molecule is CC(C)(C)OC(=O)NCCCN1CCN(CC2CCN(c3ccc(C(=O)NC4CCC(Oc5ccc(C#N)c(Cl)c5)CC4)nn3)CC2)CC1. The van der Waals surface area contributed by atoms with Gasteiger partial charge in [-0.3, -0.25) is 4.79 Å². The van der Waals surface area contributed by atoms with Gasteiger partial charge in [0.15, 0.2) is 11.5 Å². The van der Waals surface area contributed by atoms with Crippen molar-refractivity contribution in [2.45, 2.75) is 83.5 Å². The van der Waals surface area contributed by atoms with E-state index in [1.807, 2.05) is 26.8 Å². The van der Waals surface area contributed by atoms with Crippen LogP contribution in [0.15, 0.2) is 30.3 Å². The third-order valence-corrected chi connectivity index (χ3v) is 9.81. The molecule has 49 heavy (non-hydrogen) atoms. The van der Waals surface area contributed by atoms with Crippen molar-refractivity contribution in [2.24, 2.45) is 5.92 Å². The molecule has 1 saturated carbocycles. The van der Waals surface area contributed by atoms with Gasteiger partial charge in [0, 0.05) is 64.5 Å². The number of alkyl carbamates (subject to hydrolysis) is 1. The van der Waals surface area contributed by atoms with Gasteiger partial charge >= 0.3 is 6.09 Å². The van der Waals surface area contributed by atoms with E-state index in [-0.39, 0.29) is 24.1 Å². The van der Waals surface area contributed by atoms with Crippen molar-refractivity contribution >= 4 is 29.4 Å². The second kappa shape index (κ2) is 17.3. The number of nitrogens with zero attached hydrogens (tertiary/aromatic N) is 6. The molecular formula is C36H51ClN8O4. The first-order valence-electron chi connectivity index (χ1n) is 17.7. The lowest BCUT2D eigenvalue weighted by atomic mass is 9.93. The van der Waals surface area contributed by atoms with Crippen LogP contribution in [0.25, 0.3) is 0 Å². The van der Waals surface area contributed by atoms with Crippen LogP contribution in [0.1, 0.15) is 81.8 Å². The molecule has 1 aliphatic carbocycles. The van der Waals surface area contributed by atoms with Crippen molar-refractivity contribution in [3.8, 4) is 11.8 Å². The maximum atomic E-state index is 12.9. The minimum Gasteiger partial charge on any atom is -0.490 e. The van der Waals surface area contributed by atoms with Gasteiger partial charge in [-0.05, 0) is 102 Å². The zero-order valence-corrected chi connectivity index (χ0v) is 29.9. The number of piperazine rings is 1. The molecule has 0 radical (unpaired) electrons. The molecule has 12 nitrogen and oxygen atoms in total. The van der Waals surface area contributed by atoms with Gasteiger partial charge in [-0.1, -0.05) is 11.6 Å². The van der Waals surface area contributed by atoms with E-state index in [0.29, 0.717) is 34.5 Å². The van der Waals surface area contributed by atoms with Crippen LogP contribution >= 0.6 is 11.6 Å². The summed E-state index contributed by atoms with van der Waals surface area (Å²) in [6, 6.07) is 10.9. The van der Waals surface area contributed by atoms with Gasteiger partial charge in [0.25, 0.3) is 5.91 Å². The molecule has 3 fully saturated rings. The highest BCUT2D eigenvalue weighted by Crippen LogP contribution is 2.28. The fraction of sp³-hybridized carbons (Fsp3) is 0.639. The summed E-state index contributed by atoms with van der Waals surface area (Å²) in [6.07, 6.45) is 6.10. The topological polar surface area (TPSA) is 136 Å². The summed E-state index contributed by atoms with van der Waals surface area (Å²) in [5.41, 5.74) is 0.295. The number of halogens is 1. The summed E-state index contributed by atoms with van der Waals surface area (Å²) in [4.78, 5) is 32.1. The second-order valence-electron chi connectivity index (χ2n) is 14.5. The number of hydrogen-bond donors (Lipinski definition) is 2. The number of carbonyl (C=O) groups excluding carboxylic acids is 2. The minimum atomic E-state index is -0.470. The molecule has 0 spiro atoms. The number of nitriles is 1. The third kappa shape index (κ3) is 11.4. The smallest absolute Gasteiger partial charge is 0.407 e. The Morgan fingerprint density at radius 2 is 1.67 bits per heavy atom.